The van der Waals surface area contributed by atoms with Crippen LogP contribution in [0, 0.1) is 0 Å². The molecule has 0 spiro atoms. The van der Waals surface area contributed by atoms with Gasteiger partial charge in [-0.25, -0.2) is 4.79 Å². The third-order valence-electron chi connectivity index (χ3n) is 3.09. The summed E-state index contributed by atoms with van der Waals surface area (Å²) in [4.78, 5) is 12.6. The molecule has 1 heterocycles. The maximum Gasteiger partial charge on any atom is 0.328 e. The van der Waals surface area contributed by atoms with Gasteiger partial charge in [0.2, 0.25) is 0 Å². The second kappa shape index (κ2) is 5.54. The summed E-state index contributed by atoms with van der Waals surface area (Å²) in [6.07, 6.45) is 8.65. The fraction of sp³-hybridized carbons (Fsp3) is 0.267. The average Bonchev–Trinajstić information content (AvgIpc) is 2.35. The lowest BCUT2D eigenvalue weighted by Gasteiger charge is -2.27. The number of carbonyl (C=O) groups is 1. The third-order valence-corrected chi connectivity index (χ3v) is 3.09. The number of benzene rings is 1. The Morgan fingerprint density at radius 2 is 2.22 bits per heavy atom. The van der Waals surface area contributed by atoms with Crippen LogP contribution >= 0.6 is 0 Å². The second-order valence-corrected chi connectivity index (χ2v) is 4.47. The van der Waals surface area contributed by atoms with Gasteiger partial charge in [0, 0.05) is 25.4 Å². The molecule has 2 rings (SSSR count). The molecular formula is C15H17NO2. The van der Waals surface area contributed by atoms with Crippen molar-refractivity contribution >= 4 is 17.7 Å². The molecule has 0 aliphatic carbocycles. The monoisotopic (exact) mass is 243 g/mol. The molecule has 1 aliphatic heterocycles. The lowest BCUT2D eigenvalue weighted by atomic mass is 9.99. The summed E-state index contributed by atoms with van der Waals surface area (Å²) >= 11 is 0. The molecular weight excluding hydrogens is 226 g/mol. The number of hydrogen-bond acceptors (Lipinski definition) is 2. The van der Waals surface area contributed by atoms with Crippen LogP contribution in [0.2, 0.25) is 0 Å². The summed E-state index contributed by atoms with van der Waals surface area (Å²) in [6, 6.07) is 6.37. The maximum absolute atomic E-state index is 10.3. The summed E-state index contributed by atoms with van der Waals surface area (Å²) in [5.74, 6) is -0.924. The lowest BCUT2D eigenvalue weighted by Crippen LogP contribution is -2.24. The fourth-order valence-electron chi connectivity index (χ4n) is 2.21. The molecule has 0 bridgehead atoms. The van der Waals surface area contributed by atoms with E-state index in [1.54, 1.807) is 6.08 Å². The summed E-state index contributed by atoms with van der Waals surface area (Å²) < 4.78 is 0. The molecule has 1 N–H and O–H groups in total. The Balaban J connectivity index is 2.14. The van der Waals surface area contributed by atoms with Crippen LogP contribution < -0.4 is 4.90 Å². The highest BCUT2D eigenvalue weighted by Crippen LogP contribution is 2.27. The van der Waals surface area contributed by atoms with Crippen molar-refractivity contribution < 1.29 is 9.90 Å². The highest BCUT2D eigenvalue weighted by Gasteiger charge is 2.12. The smallest absolute Gasteiger partial charge is 0.328 e. The largest absolute Gasteiger partial charge is 0.478 e. The molecule has 3 nitrogen and oxygen atoms in total. The molecule has 0 atom stereocenters. The summed E-state index contributed by atoms with van der Waals surface area (Å²) in [5, 5.41) is 8.47. The lowest BCUT2D eigenvalue weighted by molar-refractivity contribution is -0.131. The van der Waals surface area contributed by atoms with Gasteiger partial charge in [0.25, 0.3) is 0 Å². The number of aryl methyl sites for hydroxylation is 1. The highest BCUT2D eigenvalue weighted by molar-refractivity contribution is 5.80. The zero-order valence-electron chi connectivity index (χ0n) is 10.5. The number of fused-ring (bicyclic) bond motifs is 1. The first-order valence-corrected chi connectivity index (χ1v) is 6.08. The Morgan fingerprint density at radius 3 is 3.00 bits per heavy atom. The third kappa shape index (κ3) is 3.00. The zero-order valence-corrected chi connectivity index (χ0v) is 10.5. The van der Waals surface area contributed by atoms with Gasteiger partial charge in [0.15, 0.2) is 0 Å². The van der Waals surface area contributed by atoms with Crippen molar-refractivity contribution in [3.63, 3.8) is 0 Å². The van der Waals surface area contributed by atoms with Crippen molar-refractivity contribution in [3.05, 3.63) is 47.6 Å². The van der Waals surface area contributed by atoms with Gasteiger partial charge in [-0.05, 0) is 36.1 Å². The molecule has 1 aromatic carbocycles. The van der Waals surface area contributed by atoms with Crippen LogP contribution in [-0.2, 0) is 11.2 Å². The van der Waals surface area contributed by atoms with Crippen LogP contribution in [-0.4, -0.2) is 24.7 Å². The topological polar surface area (TPSA) is 40.5 Å². The minimum absolute atomic E-state index is 0.924. The van der Waals surface area contributed by atoms with E-state index in [4.69, 9.17) is 5.11 Å². The van der Waals surface area contributed by atoms with Crippen molar-refractivity contribution in [2.75, 3.05) is 18.5 Å². The van der Waals surface area contributed by atoms with Gasteiger partial charge in [-0.1, -0.05) is 24.3 Å². The normalized spacial score (nSPS) is 15.3. The van der Waals surface area contributed by atoms with Crippen molar-refractivity contribution in [1.29, 1.82) is 0 Å². The molecule has 0 radical (unpaired) electrons. The van der Waals surface area contributed by atoms with Gasteiger partial charge in [-0.15, -0.1) is 0 Å². The number of nitrogens with zero attached hydrogens (tertiary/aromatic N) is 1. The minimum Gasteiger partial charge on any atom is -0.478 e. The van der Waals surface area contributed by atoms with Crippen LogP contribution in [0.15, 0.2) is 36.4 Å². The molecule has 0 saturated heterocycles. The van der Waals surface area contributed by atoms with E-state index in [9.17, 15) is 4.79 Å². The number of allylic oxidation sites excluding steroid dienone is 2. The summed E-state index contributed by atoms with van der Waals surface area (Å²) in [6.45, 7) is 1.11. The number of carboxylic acid groups (broad SMARTS) is 1. The fourth-order valence-corrected chi connectivity index (χ4v) is 2.21. The molecule has 0 unspecified atom stereocenters. The number of rotatable bonds is 3. The Morgan fingerprint density at radius 1 is 1.39 bits per heavy atom. The minimum atomic E-state index is -0.924. The van der Waals surface area contributed by atoms with Crippen LogP contribution in [0.5, 0.6) is 0 Å². The molecule has 1 aromatic rings. The first-order chi connectivity index (χ1) is 8.66. The first kappa shape index (κ1) is 12.4. The van der Waals surface area contributed by atoms with Crippen LogP contribution in [0.25, 0.3) is 6.08 Å². The maximum atomic E-state index is 10.3. The number of aliphatic carboxylic acids is 1. The number of hydrogen-bond donors (Lipinski definition) is 1. The zero-order chi connectivity index (χ0) is 13.0. The van der Waals surface area contributed by atoms with Crippen molar-refractivity contribution in [2.24, 2.45) is 0 Å². The molecule has 0 saturated carbocycles. The van der Waals surface area contributed by atoms with Gasteiger partial charge in [-0.3, -0.25) is 0 Å². The van der Waals surface area contributed by atoms with Gasteiger partial charge >= 0.3 is 5.97 Å². The Labute approximate surface area is 107 Å². The molecule has 1 aliphatic rings. The standard InChI is InChI=1S/C15H17NO2/c1-16-10-4-6-13-11-12(8-9-14(13)16)5-2-3-7-15(17)18/h2-3,5,7-9,11H,4,6,10H2,1H3,(H,17,18). The first-order valence-electron chi connectivity index (χ1n) is 6.08. The van der Waals surface area contributed by atoms with E-state index < -0.39 is 5.97 Å². The van der Waals surface area contributed by atoms with E-state index in [0.717, 1.165) is 24.6 Å². The van der Waals surface area contributed by atoms with Gasteiger partial charge < -0.3 is 10.0 Å². The summed E-state index contributed by atoms with van der Waals surface area (Å²) in [5.41, 5.74) is 3.78. The van der Waals surface area contributed by atoms with E-state index in [2.05, 4.69) is 30.1 Å². The van der Waals surface area contributed by atoms with E-state index in [1.165, 1.54) is 23.7 Å². The van der Waals surface area contributed by atoms with Gasteiger partial charge in [-0.2, -0.15) is 0 Å². The van der Waals surface area contributed by atoms with E-state index in [0.29, 0.717) is 0 Å². The average molecular weight is 243 g/mol. The SMILES string of the molecule is CN1CCCc2cc(C=CC=CC(=O)O)ccc21. The number of anilines is 1. The van der Waals surface area contributed by atoms with Crippen LogP contribution in [0.3, 0.4) is 0 Å². The quantitative estimate of drug-likeness (QED) is 0.655. The van der Waals surface area contributed by atoms with Crippen LogP contribution in [0.4, 0.5) is 5.69 Å². The Kier molecular flexibility index (Phi) is 3.82. The molecule has 0 aromatic heterocycles. The highest BCUT2D eigenvalue weighted by atomic mass is 16.4. The molecule has 94 valence electrons. The Bertz CT molecular complexity index is 503. The van der Waals surface area contributed by atoms with Gasteiger partial charge in [0.1, 0.15) is 0 Å². The molecule has 3 heteroatoms. The summed E-state index contributed by atoms with van der Waals surface area (Å²) in [7, 11) is 2.11. The van der Waals surface area contributed by atoms with Crippen LogP contribution in [0.1, 0.15) is 17.5 Å². The molecule has 0 fully saturated rings. The van der Waals surface area contributed by atoms with E-state index in [1.807, 2.05) is 6.08 Å². The van der Waals surface area contributed by atoms with Crippen molar-refractivity contribution in [2.45, 2.75) is 12.8 Å². The van der Waals surface area contributed by atoms with E-state index in [-0.39, 0.29) is 0 Å². The molecule has 0 amide bonds. The predicted octanol–water partition coefficient (Wildman–Crippen LogP) is 2.72. The predicted molar refractivity (Wildman–Crippen MR) is 73.8 cm³/mol. The second-order valence-electron chi connectivity index (χ2n) is 4.47. The van der Waals surface area contributed by atoms with Crippen molar-refractivity contribution in [1.82, 2.24) is 0 Å². The number of carboxylic acids is 1. The van der Waals surface area contributed by atoms with E-state index >= 15 is 0 Å². The Hall–Kier alpha value is -2.03. The van der Waals surface area contributed by atoms with Crippen molar-refractivity contribution in [3.8, 4) is 0 Å². The van der Waals surface area contributed by atoms with Gasteiger partial charge in [0.05, 0.1) is 0 Å². The molecule has 18 heavy (non-hydrogen) atoms.